The Bertz CT molecular complexity index is 205. The number of rotatable bonds is 14. The van der Waals surface area contributed by atoms with Gasteiger partial charge in [0.25, 0.3) is 0 Å². The third kappa shape index (κ3) is 17.8. The van der Waals surface area contributed by atoms with E-state index in [1.54, 1.807) is 0 Å². The van der Waals surface area contributed by atoms with Gasteiger partial charge in [0.2, 0.25) is 0 Å². The molecule has 0 heterocycles. The number of hydrogen-bond donors (Lipinski definition) is 1. The Labute approximate surface area is 123 Å². The average Bonchev–Trinajstić information content (AvgIpc) is 2.34. The molecule has 0 atom stereocenters. The summed E-state index contributed by atoms with van der Waals surface area (Å²) in [6.07, 6.45) is 11.5. The zero-order valence-corrected chi connectivity index (χ0v) is 13.6. The van der Waals surface area contributed by atoms with Crippen LogP contribution in [0.4, 0.5) is 0 Å². The van der Waals surface area contributed by atoms with Crippen molar-refractivity contribution in [2.75, 3.05) is 11.5 Å². The van der Waals surface area contributed by atoms with E-state index >= 15 is 0 Å². The van der Waals surface area contributed by atoms with Crippen LogP contribution < -0.4 is 0 Å². The molecule has 0 aromatic carbocycles. The molecule has 1 N–H and O–H groups in total. The lowest BCUT2D eigenvalue weighted by atomic mass is 10.1. The fraction of sp³-hybridized carbons (Fsp3) is 0.938. The Hall–Kier alpha value is -0.180. The van der Waals surface area contributed by atoms with E-state index in [0.29, 0.717) is 6.42 Å². The minimum Gasteiger partial charge on any atom is -0.481 e. The van der Waals surface area contributed by atoms with Crippen molar-refractivity contribution in [1.29, 1.82) is 0 Å². The summed E-state index contributed by atoms with van der Waals surface area (Å²) in [7, 11) is 0. The van der Waals surface area contributed by atoms with Crippen molar-refractivity contribution >= 4 is 17.7 Å². The topological polar surface area (TPSA) is 37.3 Å². The quantitative estimate of drug-likeness (QED) is 0.437. The second-order valence-electron chi connectivity index (χ2n) is 5.77. The highest BCUT2D eigenvalue weighted by Gasteiger charge is 1.97. The summed E-state index contributed by atoms with van der Waals surface area (Å²) >= 11 is 2.10. The molecule has 2 nitrogen and oxygen atoms in total. The first kappa shape index (κ1) is 18.8. The summed E-state index contributed by atoms with van der Waals surface area (Å²) in [4.78, 5) is 10.3. The lowest BCUT2D eigenvalue weighted by Crippen LogP contribution is -1.93. The molecular formula is C16H32O2S. The number of thioether (sulfide) groups is 1. The maximum absolute atomic E-state index is 10.3. The van der Waals surface area contributed by atoms with Crippen LogP contribution >= 0.6 is 11.8 Å². The van der Waals surface area contributed by atoms with Crippen LogP contribution in [0.1, 0.15) is 78.1 Å². The van der Waals surface area contributed by atoms with Crippen LogP contribution in [0.15, 0.2) is 0 Å². The first-order valence-electron chi connectivity index (χ1n) is 7.92. The predicted octanol–water partition coefficient (Wildman–Crippen LogP) is 5.36. The van der Waals surface area contributed by atoms with Gasteiger partial charge in [-0.05, 0) is 36.7 Å². The van der Waals surface area contributed by atoms with Crippen molar-refractivity contribution in [2.24, 2.45) is 5.92 Å². The first-order chi connectivity index (χ1) is 9.13. The zero-order valence-electron chi connectivity index (χ0n) is 12.8. The summed E-state index contributed by atoms with van der Waals surface area (Å²) in [6.45, 7) is 4.58. The van der Waals surface area contributed by atoms with Gasteiger partial charge in [0.1, 0.15) is 0 Å². The smallest absolute Gasteiger partial charge is 0.303 e. The van der Waals surface area contributed by atoms with E-state index in [2.05, 4.69) is 25.6 Å². The largest absolute Gasteiger partial charge is 0.481 e. The van der Waals surface area contributed by atoms with Gasteiger partial charge in [0, 0.05) is 6.42 Å². The van der Waals surface area contributed by atoms with Gasteiger partial charge in [-0.15, -0.1) is 0 Å². The minimum atomic E-state index is -0.657. The maximum atomic E-state index is 10.3. The van der Waals surface area contributed by atoms with Crippen LogP contribution in [-0.4, -0.2) is 22.6 Å². The molecule has 0 rings (SSSR count). The molecule has 0 saturated heterocycles. The highest BCUT2D eigenvalue weighted by molar-refractivity contribution is 7.99. The molecule has 19 heavy (non-hydrogen) atoms. The van der Waals surface area contributed by atoms with E-state index in [1.807, 2.05) is 0 Å². The third-order valence-corrected chi connectivity index (χ3v) is 4.37. The number of carboxylic acids is 1. The van der Waals surface area contributed by atoms with Crippen molar-refractivity contribution in [3.05, 3.63) is 0 Å². The molecule has 0 amide bonds. The summed E-state index contributed by atoms with van der Waals surface area (Å²) in [5, 5.41) is 8.50. The highest BCUT2D eigenvalue weighted by Crippen LogP contribution is 2.13. The SMILES string of the molecule is CC(C)CCSCCCCCCCCCCC(=O)O. The molecule has 0 unspecified atom stereocenters. The second-order valence-corrected chi connectivity index (χ2v) is 6.99. The van der Waals surface area contributed by atoms with Gasteiger partial charge in [-0.1, -0.05) is 52.4 Å². The van der Waals surface area contributed by atoms with Crippen LogP contribution in [0.2, 0.25) is 0 Å². The molecule has 0 fully saturated rings. The minimum absolute atomic E-state index is 0.341. The van der Waals surface area contributed by atoms with Gasteiger partial charge < -0.3 is 5.11 Å². The van der Waals surface area contributed by atoms with Crippen LogP contribution in [0, 0.1) is 5.92 Å². The van der Waals surface area contributed by atoms with E-state index in [0.717, 1.165) is 18.8 Å². The van der Waals surface area contributed by atoms with Gasteiger partial charge in [-0.3, -0.25) is 4.79 Å². The normalized spacial score (nSPS) is 11.1. The lowest BCUT2D eigenvalue weighted by Gasteiger charge is -2.04. The standard InChI is InChI=1S/C16H32O2S/c1-15(2)12-14-19-13-10-8-6-4-3-5-7-9-11-16(17)18/h15H,3-14H2,1-2H3,(H,17,18). The fourth-order valence-electron chi connectivity index (χ4n) is 1.96. The Morgan fingerprint density at radius 1 is 0.895 bits per heavy atom. The number of carboxylic acid groups (broad SMARTS) is 1. The van der Waals surface area contributed by atoms with Crippen LogP contribution in [0.25, 0.3) is 0 Å². The van der Waals surface area contributed by atoms with Crippen LogP contribution in [0.3, 0.4) is 0 Å². The Kier molecular flexibility index (Phi) is 14.1. The van der Waals surface area contributed by atoms with Gasteiger partial charge >= 0.3 is 5.97 Å². The zero-order chi connectivity index (χ0) is 14.3. The highest BCUT2D eigenvalue weighted by atomic mass is 32.2. The summed E-state index contributed by atoms with van der Waals surface area (Å²) in [5.41, 5.74) is 0. The van der Waals surface area contributed by atoms with Crippen LogP contribution in [-0.2, 0) is 4.79 Å². The molecule has 0 aliphatic heterocycles. The molecule has 0 bridgehead atoms. The predicted molar refractivity (Wildman–Crippen MR) is 86.0 cm³/mol. The summed E-state index contributed by atoms with van der Waals surface area (Å²) in [5.74, 6) is 2.83. The first-order valence-corrected chi connectivity index (χ1v) is 9.08. The molecule has 0 spiro atoms. The van der Waals surface area contributed by atoms with Gasteiger partial charge in [0.15, 0.2) is 0 Å². The Morgan fingerprint density at radius 3 is 1.95 bits per heavy atom. The molecule has 0 aromatic rings. The maximum Gasteiger partial charge on any atom is 0.303 e. The monoisotopic (exact) mass is 288 g/mol. The fourth-order valence-corrected chi connectivity index (χ4v) is 3.21. The molecule has 3 heteroatoms. The average molecular weight is 288 g/mol. The van der Waals surface area contributed by atoms with Gasteiger partial charge in [0.05, 0.1) is 0 Å². The number of hydrogen-bond acceptors (Lipinski definition) is 2. The number of carbonyl (C=O) groups is 1. The van der Waals surface area contributed by atoms with Crippen molar-refractivity contribution in [3.8, 4) is 0 Å². The lowest BCUT2D eigenvalue weighted by molar-refractivity contribution is -0.137. The molecule has 0 saturated carbocycles. The molecular weight excluding hydrogens is 256 g/mol. The molecule has 0 aromatic heterocycles. The van der Waals surface area contributed by atoms with Crippen LogP contribution in [0.5, 0.6) is 0 Å². The van der Waals surface area contributed by atoms with Crippen molar-refractivity contribution in [1.82, 2.24) is 0 Å². The van der Waals surface area contributed by atoms with E-state index in [4.69, 9.17) is 5.11 Å². The van der Waals surface area contributed by atoms with Gasteiger partial charge in [-0.25, -0.2) is 0 Å². The third-order valence-electron chi connectivity index (χ3n) is 3.27. The second kappa shape index (κ2) is 14.2. The van der Waals surface area contributed by atoms with Crippen molar-refractivity contribution in [3.63, 3.8) is 0 Å². The van der Waals surface area contributed by atoms with E-state index in [9.17, 15) is 4.79 Å². The molecule has 0 radical (unpaired) electrons. The molecule has 0 aliphatic carbocycles. The van der Waals surface area contributed by atoms with E-state index < -0.39 is 5.97 Å². The van der Waals surface area contributed by atoms with Gasteiger partial charge in [-0.2, -0.15) is 11.8 Å². The number of aliphatic carboxylic acids is 1. The number of unbranched alkanes of at least 4 members (excludes halogenated alkanes) is 7. The van der Waals surface area contributed by atoms with E-state index in [1.165, 1.54) is 56.5 Å². The summed E-state index contributed by atoms with van der Waals surface area (Å²) in [6, 6.07) is 0. The molecule has 114 valence electrons. The Morgan fingerprint density at radius 2 is 1.42 bits per heavy atom. The Balaban J connectivity index is 2.97. The molecule has 0 aliphatic rings. The van der Waals surface area contributed by atoms with Crippen molar-refractivity contribution < 1.29 is 9.90 Å². The van der Waals surface area contributed by atoms with E-state index in [-0.39, 0.29) is 0 Å². The summed E-state index contributed by atoms with van der Waals surface area (Å²) < 4.78 is 0. The van der Waals surface area contributed by atoms with Crippen molar-refractivity contribution in [2.45, 2.75) is 78.1 Å².